The van der Waals surface area contributed by atoms with Crippen LogP contribution >= 0.6 is 11.8 Å². The summed E-state index contributed by atoms with van der Waals surface area (Å²) in [5.74, 6) is -2.76. The molecule has 1 aliphatic carbocycles. The van der Waals surface area contributed by atoms with Gasteiger partial charge in [-0.2, -0.15) is 0 Å². The van der Waals surface area contributed by atoms with E-state index in [0.717, 1.165) is 0 Å². The van der Waals surface area contributed by atoms with Crippen LogP contribution in [0.15, 0.2) is 132 Å². The van der Waals surface area contributed by atoms with Crippen LogP contribution in [0.4, 0.5) is 15.8 Å². The molecule has 0 radical (unpaired) electrons. The van der Waals surface area contributed by atoms with Crippen molar-refractivity contribution in [3.63, 3.8) is 0 Å². The molecule has 0 aliphatic heterocycles. The van der Waals surface area contributed by atoms with Crippen LogP contribution in [0.5, 0.6) is 0 Å². The first-order valence-electron chi connectivity index (χ1n) is 15.8. The van der Waals surface area contributed by atoms with Crippen LogP contribution in [0.1, 0.15) is 61.1 Å². The first-order chi connectivity index (χ1) is 24.2. The third-order valence-corrected chi connectivity index (χ3v) is 9.34. The number of hydrogen-bond acceptors (Lipinski definition) is 6. The summed E-state index contributed by atoms with van der Waals surface area (Å²) in [6.07, 6.45) is 1.69. The van der Waals surface area contributed by atoms with Crippen LogP contribution in [-0.2, 0) is 9.59 Å². The summed E-state index contributed by atoms with van der Waals surface area (Å²) in [6.45, 7) is 1.85. The zero-order valence-electron chi connectivity index (χ0n) is 26.7. The maximum absolute atomic E-state index is 14.5. The topological polar surface area (TPSA) is 121 Å². The summed E-state index contributed by atoms with van der Waals surface area (Å²) in [6, 6.07) is 32.5. The Morgan fingerprint density at radius 2 is 1.40 bits per heavy atom. The predicted octanol–water partition coefficient (Wildman–Crippen LogP) is 7.52. The van der Waals surface area contributed by atoms with E-state index >= 15 is 0 Å². The SMILES string of the molecule is CCC(Sc1cccc(NC(=O)/C(=C\c2ccccc2F)NC(=O)c2ccccc2)c1)C(=O)Nc1cccc2c1C(=O)c1ccccc1C2=O. The van der Waals surface area contributed by atoms with Crippen LogP contribution in [0.2, 0.25) is 0 Å². The van der Waals surface area contributed by atoms with E-state index in [1.54, 1.807) is 103 Å². The Labute approximate surface area is 291 Å². The molecule has 50 heavy (non-hydrogen) atoms. The highest BCUT2D eigenvalue weighted by atomic mass is 32.2. The quantitative estimate of drug-likeness (QED) is 0.101. The van der Waals surface area contributed by atoms with Crippen LogP contribution < -0.4 is 16.0 Å². The second kappa shape index (κ2) is 15.0. The van der Waals surface area contributed by atoms with Gasteiger partial charge in [-0.25, -0.2) is 4.39 Å². The van der Waals surface area contributed by atoms with Gasteiger partial charge in [-0.05, 0) is 55.0 Å². The fraction of sp³-hybridized carbons (Fsp3) is 0.0750. The third-order valence-electron chi connectivity index (χ3n) is 7.98. The van der Waals surface area contributed by atoms with Gasteiger partial charge in [-0.1, -0.05) is 85.8 Å². The summed E-state index contributed by atoms with van der Waals surface area (Å²) in [7, 11) is 0. The number of amides is 3. The van der Waals surface area contributed by atoms with E-state index in [1.807, 2.05) is 6.92 Å². The highest BCUT2D eigenvalue weighted by Gasteiger charge is 2.32. The number of rotatable bonds is 10. The number of anilines is 2. The molecule has 1 atom stereocenters. The summed E-state index contributed by atoms with van der Waals surface area (Å²) in [5.41, 5.74) is 1.91. The van der Waals surface area contributed by atoms with Crippen molar-refractivity contribution < 1.29 is 28.4 Å². The van der Waals surface area contributed by atoms with Crippen molar-refractivity contribution in [1.29, 1.82) is 0 Å². The lowest BCUT2D eigenvalue weighted by Crippen LogP contribution is -2.30. The Balaban J connectivity index is 1.19. The first-order valence-corrected chi connectivity index (χ1v) is 16.6. The second-order valence-electron chi connectivity index (χ2n) is 11.3. The molecule has 8 nitrogen and oxygen atoms in total. The highest BCUT2D eigenvalue weighted by Crippen LogP contribution is 2.34. The summed E-state index contributed by atoms with van der Waals surface area (Å²) < 4.78 is 14.5. The predicted molar refractivity (Wildman–Crippen MR) is 192 cm³/mol. The number of nitrogens with one attached hydrogen (secondary N) is 3. The fourth-order valence-electron chi connectivity index (χ4n) is 5.48. The molecule has 1 aliphatic rings. The Kier molecular flexibility index (Phi) is 10.1. The molecule has 0 saturated heterocycles. The molecule has 6 rings (SSSR count). The molecule has 3 N–H and O–H groups in total. The molecule has 5 aromatic rings. The van der Waals surface area contributed by atoms with Crippen molar-refractivity contribution in [1.82, 2.24) is 5.32 Å². The lowest BCUT2D eigenvalue weighted by molar-refractivity contribution is -0.116. The zero-order chi connectivity index (χ0) is 35.2. The lowest BCUT2D eigenvalue weighted by Gasteiger charge is -2.21. The molecule has 0 saturated carbocycles. The van der Waals surface area contributed by atoms with Gasteiger partial charge in [0, 0.05) is 38.4 Å². The Morgan fingerprint density at radius 3 is 2.14 bits per heavy atom. The minimum atomic E-state index is -0.681. The average Bonchev–Trinajstić information content (AvgIpc) is 3.13. The number of thioether (sulfide) groups is 1. The van der Waals surface area contributed by atoms with E-state index in [-0.39, 0.29) is 45.5 Å². The highest BCUT2D eigenvalue weighted by molar-refractivity contribution is 8.00. The number of carbonyl (C=O) groups excluding carboxylic acids is 5. The Morgan fingerprint density at radius 1 is 0.740 bits per heavy atom. The molecule has 0 spiro atoms. The van der Waals surface area contributed by atoms with E-state index in [4.69, 9.17) is 0 Å². The minimum Gasteiger partial charge on any atom is -0.324 e. The number of ketones is 2. The number of fused-ring (bicyclic) bond motifs is 2. The lowest BCUT2D eigenvalue weighted by atomic mass is 9.83. The second-order valence-corrected chi connectivity index (χ2v) is 12.6. The van der Waals surface area contributed by atoms with Gasteiger partial charge in [-0.15, -0.1) is 11.8 Å². The maximum atomic E-state index is 14.5. The van der Waals surface area contributed by atoms with Crippen LogP contribution in [0, 0.1) is 5.82 Å². The summed E-state index contributed by atoms with van der Waals surface area (Å²) in [5, 5.41) is 7.63. The number of halogens is 1. The van der Waals surface area contributed by atoms with E-state index in [0.29, 0.717) is 33.7 Å². The van der Waals surface area contributed by atoms with Crippen molar-refractivity contribution in [3.8, 4) is 0 Å². The summed E-state index contributed by atoms with van der Waals surface area (Å²) in [4.78, 5) is 67.3. The van der Waals surface area contributed by atoms with Gasteiger partial charge in [0.05, 0.1) is 16.5 Å². The summed E-state index contributed by atoms with van der Waals surface area (Å²) >= 11 is 1.26. The van der Waals surface area contributed by atoms with Gasteiger partial charge >= 0.3 is 0 Å². The molecule has 0 heterocycles. The van der Waals surface area contributed by atoms with Crippen molar-refractivity contribution in [2.75, 3.05) is 10.6 Å². The van der Waals surface area contributed by atoms with Crippen molar-refractivity contribution in [3.05, 3.63) is 166 Å². The largest absolute Gasteiger partial charge is 0.324 e. The monoisotopic (exact) mass is 683 g/mol. The van der Waals surface area contributed by atoms with E-state index in [2.05, 4.69) is 16.0 Å². The number of carbonyl (C=O) groups is 5. The molecule has 0 fully saturated rings. The van der Waals surface area contributed by atoms with E-state index in [9.17, 15) is 28.4 Å². The van der Waals surface area contributed by atoms with Gasteiger partial charge < -0.3 is 16.0 Å². The molecule has 3 amide bonds. The smallest absolute Gasteiger partial charge is 0.272 e. The van der Waals surface area contributed by atoms with Gasteiger partial charge in [0.1, 0.15) is 11.5 Å². The molecular formula is C40H30FN3O5S. The molecule has 5 aromatic carbocycles. The van der Waals surface area contributed by atoms with Gasteiger partial charge in [-0.3, -0.25) is 24.0 Å². The average molecular weight is 684 g/mol. The van der Waals surface area contributed by atoms with Crippen molar-refractivity contribution >= 4 is 58.5 Å². The number of hydrogen-bond donors (Lipinski definition) is 3. The van der Waals surface area contributed by atoms with E-state index < -0.39 is 22.9 Å². The molecule has 1 unspecified atom stereocenters. The van der Waals surface area contributed by atoms with Gasteiger partial charge in [0.25, 0.3) is 11.8 Å². The Hall–Kier alpha value is -6.13. The molecule has 0 aromatic heterocycles. The maximum Gasteiger partial charge on any atom is 0.272 e. The van der Waals surface area contributed by atoms with Gasteiger partial charge in [0.2, 0.25) is 5.91 Å². The zero-order valence-corrected chi connectivity index (χ0v) is 27.6. The normalized spacial score (nSPS) is 12.7. The fourth-order valence-corrected chi connectivity index (χ4v) is 6.50. The first kappa shape index (κ1) is 33.8. The van der Waals surface area contributed by atoms with Crippen LogP contribution in [0.25, 0.3) is 6.08 Å². The van der Waals surface area contributed by atoms with Crippen molar-refractivity contribution in [2.24, 2.45) is 0 Å². The molecular weight excluding hydrogens is 654 g/mol. The molecule has 10 heteroatoms. The molecule has 0 bridgehead atoms. The van der Waals surface area contributed by atoms with Crippen LogP contribution in [-0.4, -0.2) is 34.5 Å². The Bertz CT molecular complexity index is 2180. The standard InChI is InChI=1S/C40H30FN3O5S/c1-2-34(40(49)43-32-21-11-19-30-35(32)37(46)29-18-8-7-17-28(29)36(30)45)50-27-16-10-15-26(23-27)42-39(48)33(22-25-14-6-9-20-31(25)41)44-38(47)24-12-4-3-5-13-24/h3-23,34H,2H2,1H3,(H,42,48)(H,43,49)(H,44,47)/b33-22+. The number of benzene rings is 5. The van der Waals surface area contributed by atoms with E-state index in [1.165, 1.54) is 36.0 Å². The van der Waals surface area contributed by atoms with Crippen LogP contribution in [0.3, 0.4) is 0 Å². The third kappa shape index (κ3) is 7.30. The van der Waals surface area contributed by atoms with Crippen molar-refractivity contribution in [2.45, 2.75) is 23.5 Å². The minimum absolute atomic E-state index is 0.113. The molecule has 248 valence electrons. The van der Waals surface area contributed by atoms with Gasteiger partial charge in [0.15, 0.2) is 11.6 Å².